The lowest BCUT2D eigenvalue weighted by molar-refractivity contribution is 0.0996. The van der Waals surface area contributed by atoms with Crippen molar-refractivity contribution in [1.29, 1.82) is 0 Å². The lowest BCUT2D eigenvalue weighted by Crippen LogP contribution is -2.12. The molecular weight excluding hydrogens is 402 g/mol. The Balaban J connectivity index is 1.92. The zero-order valence-electron chi connectivity index (χ0n) is 13.2. The van der Waals surface area contributed by atoms with Gasteiger partial charge in [-0.25, -0.2) is 0 Å². The van der Waals surface area contributed by atoms with Gasteiger partial charge in [-0.1, -0.05) is 33.2 Å². The summed E-state index contributed by atoms with van der Waals surface area (Å²) < 4.78 is 5.95. The first-order valence-electron chi connectivity index (χ1n) is 7.41. The van der Waals surface area contributed by atoms with Crippen LogP contribution < -0.4 is 11.1 Å². The van der Waals surface area contributed by atoms with Crippen LogP contribution >= 0.6 is 15.9 Å². The first-order valence-corrected chi connectivity index (χ1v) is 8.21. The van der Waals surface area contributed by atoms with Crippen LogP contribution in [0.4, 0.5) is 5.88 Å². The Morgan fingerprint density at radius 1 is 1.12 bits per heavy atom. The van der Waals surface area contributed by atoms with Crippen LogP contribution in [0.2, 0.25) is 0 Å². The number of primary amides is 1. The van der Waals surface area contributed by atoms with Crippen molar-refractivity contribution in [1.82, 2.24) is 5.16 Å². The molecule has 0 aliphatic heterocycles. The highest BCUT2D eigenvalue weighted by Gasteiger charge is 2.20. The lowest BCUT2D eigenvalue weighted by Gasteiger charge is -2.03. The monoisotopic (exact) mass is 413 g/mol. The van der Waals surface area contributed by atoms with Gasteiger partial charge in [0.1, 0.15) is 11.3 Å². The summed E-state index contributed by atoms with van der Waals surface area (Å²) in [5.41, 5.74) is 6.66. The van der Waals surface area contributed by atoms with Crippen LogP contribution in [0.1, 0.15) is 31.1 Å². The number of nitrogens with zero attached hydrogens (tertiary/aromatic N) is 1. The van der Waals surface area contributed by atoms with Crippen LogP contribution in [0, 0.1) is 0 Å². The van der Waals surface area contributed by atoms with E-state index in [1.54, 1.807) is 42.5 Å². The molecule has 3 N–H and O–H groups in total. The van der Waals surface area contributed by atoms with Crippen LogP contribution in [0.25, 0.3) is 11.3 Å². The molecule has 0 saturated heterocycles. The molecule has 0 saturated carbocycles. The number of amides is 2. The van der Waals surface area contributed by atoms with Crippen molar-refractivity contribution in [2.75, 3.05) is 5.32 Å². The Morgan fingerprint density at radius 2 is 1.85 bits per heavy atom. The third-order valence-electron chi connectivity index (χ3n) is 3.60. The van der Waals surface area contributed by atoms with Gasteiger partial charge < -0.3 is 10.3 Å². The second-order valence-electron chi connectivity index (χ2n) is 5.30. The SMILES string of the molecule is NC(=O)c1cccc(-c2noc(NC(=O)c3ccc(Br)cc3)c2C=O)c1. The number of anilines is 1. The normalized spacial score (nSPS) is 10.3. The quantitative estimate of drug-likeness (QED) is 0.622. The fourth-order valence-electron chi connectivity index (χ4n) is 2.30. The second-order valence-corrected chi connectivity index (χ2v) is 6.21. The second kappa shape index (κ2) is 7.32. The largest absolute Gasteiger partial charge is 0.366 e. The van der Waals surface area contributed by atoms with Crippen molar-refractivity contribution < 1.29 is 18.9 Å². The predicted molar refractivity (Wildman–Crippen MR) is 97.9 cm³/mol. The van der Waals surface area contributed by atoms with Crippen LogP contribution in [0.15, 0.2) is 57.5 Å². The Labute approximate surface area is 156 Å². The predicted octanol–water partition coefficient (Wildman–Crippen LogP) is 3.27. The number of rotatable bonds is 5. The van der Waals surface area contributed by atoms with Crippen LogP contribution in [0.3, 0.4) is 0 Å². The molecule has 130 valence electrons. The van der Waals surface area contributed by atoms with E-state index in [1.807, 2.05) is 0 Å². The van der Waals surface area contributed by atoms with Crippen LogP contribution in [-0.4, -0.2) is 23.3 Å². The molecule has 2 aromatic carbocycles. The molecule has 7 nitrogen and oxygen atoms in total. The van der Waals surface area contributed by atoms with Gasteiger partial charge in [0, 0.05) is 21.2 Å². The Morgan fingerprint density at radius 3 is 2.50 bits per heavy atom. The van der Waals surface area contributed by atoms with E-state index in [9.17, 15) is 14.4 Å². The molecule has 0 fully saturated rings. The molecular formula is C18H12BrN3O4. The first-order chi connectivity index (χ1) is 12.5. The van der Waals surface area contributed by atoms with Crippen molar-refractivity contribution in [3.05, 3.63) is 69.7 Å². The molecule has 0 aliphatic carbocycles. The van der Waals surface area contributed by atoms with Crippen molar-refractivity contribution in [3.63, 3.8) is 0 Å². The molecule has 0 unspecified atom stereocenters. The van der Waals surface area contributed by atoms with E-state index in [0.29, 0.717) is 17.4 Å². The standard InChI is InChI=1S/C18H12BrN3O4/c19-13-6-4-10(5-7-13)17(25)21-18-14(9-23)15(22-26-18)11-2-1-3-12(8-11)16(20)24/h1-9H,(H2,20,24)(H,21,25). The summed E-state index contributed by atoms with van der Waals surface area (Å²) in [6.45, 7) is 0. The topological polar surface area (TPSA) is 115 Å². The highest BCUT2D eigenvalue weighted by molar-refractivity contribution is 9.10. The van der Waals surface area contributed by atoms with E-state index < -0.39 is 11.8 Å². The summed E-state index contributed by atoms with van der Waals surface area (Å²) in [6, 6.07) is 13.0. The highest BCUT2D eigenvalue weighted by atomic mass is 79.9. The molecule has 3 rings (SSSR count). The number of carbonyl (C=O) groups is 3. The molecule has 2 amide bonds. The summed E-state index contributed by atoms with van der Waals surface area (Å²) >= 11 is 3.29. The Bertz CT molecular complexity index is 996. The van der Waals surface area contributed by atoms with Crippen molar-refractivity contribution in [2.45, 2.75) is 0 Å². The first kappa shape index (κ1) is 17.6. The maximum absolute atomic E-state index is 12.3. The van der Waals surface area contributed by atoms with Crippen LogP contribution in [-0.2, 0) is 0 Å². The van der Waals surface area contributed by atoms with Crippen molar-refractivity contribution >= 4 is 39.9 Å². The minimum Gasteiger partial charge on any atom is -0.366 e. The minimum absolute atomic E-state index is 0.0667. The van der Waals surface area contributed by atoms with Gasteiger partial charge in [0.25, 0.3) is 5.91 Å². The van der Waals surface area contributed by atoms with Gasteiger partial charge in [0.2, 0.25) is 11.8 Å². The molecule has 0 spiro atoms. The lowest BCUT2D eigenvalue weighted by atomic mass is 10.0. The molecule has 0 aliphatic rings. The van der Waals surface area contributed by atoms with Crippen molar-refractivity contribution in [3.8, 4) is 11.3 Å². The van der Waals surface area contributed by atoms with E-state index in [-0.39, 0.29) is 22.7 Å². The number of benzene rings is 2. The number of carbonyl (C=O) groups excluding carboxylic acids is 3. The van der Waals surface area contributed by atoms with Crippen molar-refractivity contribution in [2.24, 2.45) is 5.73 Å². The van der Waals surface area contributed by atoms with E-state index in [4.69, 9.17) is 10.3 Å². The maximum Gasteiger partial charge on any atom is 0.258 e. The number of hydrogen-bond donors (Lipinski definition) is 2. The average Bonchev–Trinajstić information content (AvgIpc) is 3.04. The van der Waals surface area contributed by atoms with Gasteiger partial charge in [0.05, 0.1) is 0 Å². The number of nitrogens with two attached hydrogens (primary N) is 1. The summed E-state index contributed by atoms with van der Waals surface area (Å²) in [5.74, 6) is -1.13. The van der Waals surface area contributed by atoms with Gasteiger partial charge in [0.15, 0.2) is 6.29 Å². The summed E-state index contributed by atoms with van der Waals surface area (Å²) in [5, 5.41) is 6.36. The molecule has 3 aromatic rings. The molecule has 0 atom stereocenters. The van der Waals surface area contributed by atoms with E-state index in [1.165, 1.54) is 6.07 Å². The number of aromatic nitrogens is 1. The fourth-order valence-corrected chi connectivity index (χ4v) is 2.57. The van der Waals surface area contributed by atoms with E-state index in [2.05, 4.69) is 26.4 Å². The van der Waals surface area contributed by atoms with Gasteiger partial charge >= 0.3 is 0 Å². The smallest absolute Gasteiger partial charge is 0.258 e. The summed E-state index contributed by atoms with van der Waals surface area (Å²) in [6.07, 6.45) is 0.528. The maximum atomic E-state index is 12.3. The van der Waals surface area contributed by atoms with E-state index >= 15 is 0 Å². The van der Waals surface area contributed by atoms with E-state index in [0.717, 1.165) is 4.47 Å². The summed E-state index contributed by atoms with van der Waals surface area (Å²) in [7, 11) is 0. The van der Waals surface area contributed by atoms with Crippen LogP contribution in [0.5, 0.6) is 0 Å². The zero-order valence-corrected chi connectivity index (χ0v) is 14.8. The third kappa shape index (κ3) is 3.55. The number of halogens is 1. The van der Waals surface area contributed by atoms with Gasteiger partial charge in [-0.2, -0.15) is 0 Å². The zero-order chi connectivity index (χ0) is 18.7. The minimum atomic E-state index is -0.605. The van der Waals surface area contributed by atoms with Gasteiger partial charge in [-0.15, -0.1) is 0 Å². The van der Waals surface area contributed by atoms with Gasteiger partial charge in [-0.3, -0.25) is 19.7 Å². The highest BCUT2D eigenvalue weighted by Crippen LogP contribution is 2.28. The Kier molecular flexibility index (Phi) is 4.94. The number of aldehydes is 1. The fraction of sp³-hybridized carbons (Fsp3) is 0. The third-order valence-corrected chi connectivity index (χ3v) is 4.13. The molecule has 26 heavy (non-hydrogen) atoms. The number of hydrogen-bond acceptors (Lipinski definition) is 5. The Hall–Kier alpha value is -3.26. The molecule has 8 heteroatoms. The average molecular weight is 414 g/mol. The number of nitrogens with one attached hydrogen (secondary N) is 1. The summed E-state index contributed by atoms with van der Waals surface area (Å²) in [4.78, 5) is 35.1. The molecule has 1 heterocycles. The molecule has 1 aromatic heterocycles. The molecule has 0 bridgehead atoms. The van der Waals surface area contributed by atoms with Gasteiger partial charge in [-0.05, 0) is 36.4 Å². The molecule has 0 radical (unpaired) electrons.